The molecule has 0 bridgehead atoms. The van der Waals surface area contributed by atoms with Crippen molar-refractivity contribution in [3.05, 3.63) is 59.2 Å². The number of hydrogen-bond acceptors (Lipinski definition) is 10. The summed E-state index contributed by atoms with van der Waals surface area (Å²) in [6.45, 7) is 12.0. The molecule has 0 spiro atoms. The van der Waals surface area contributed by atoms with Gasteiger partial charge in [-0.3, -0.25) is 9.80 Å². The van der Waals surface area contributed by atoms with Gasteiger partial charge in [0, 0.05) is 26.2 Å². The molecule has 1 atom stereocenters. The molecule has 2 heterocycles. The summed E-state index contributed by atoms with van der Waals surface area (Å²) in [4.78, 5) is 35.7. The number of likely N-dealkylation sites (N-methyl/N-ethyl adjacent to an activating group) is 1. The van der Waals surface area contributed by atoms with Crippen LogP contribution in [0.1, 0.15) is 72.0 Å². The molecule has 2 aromatic rings. The standard InChI is InChI=1S/C31H48N4O8/c1-4-35(29(12-11-24(2)3)26-8-6-10-28(33-26)31(39)40)15-19-43-22-21-42-18-14-34(13-17-41-20-16-36)23-25-7-5-9-27(32-25)30(37)38/h5-10,24,29,36H,4,11-23H2,1-3H3,(H,37,38)(H,39,40). The number of rotatable bonds is 24. The van der Waals surface area contributed by atoms with Crippen LogP contribution in [0.3, 0.4) is 0 Å². The van der Waals surface area contributed by atoms with Crippen molar-refractivity contribution >= 4 is 11.9 Å². The zero-order valence-corrected chi connectivity index (χ0v) is 25.7. The van der Waals surface area contributed by atoms with Gasteiger partial charge in [0.05, 0.1) is 63.7 Å². The highest BCUT2D eigenvalue weighted by Crippen LogP contribution is 2.26. The number of aromatic nitrogens is 2. The number of ether oxygens (including phenoxy) is 3. The minimum atomic E-state index is -1.07. The van der Waals surface area contributed by atoms with Gasteiger partial charge < -0.3 is 29.5 Å². The van der Waals surface area contributed by atoms with Crippen LogP contribution >= 0.6 is 0 Å². The first kappa shape index (κ1) is 36.2. The second-order valence-electron chi connectivity index (χ2n) is 10.5. The number of aliphatic hydroxyl groups excluding tert-OH is 1. The van der Waals surface area contributed by atoms with Crippen LogP contribution in [0.25, 0.3) is 0 Å². The highest BCUT2D eigenvalue weighted by Gasteiger charge is 2.22. The number of carboxylic acids is 2. The van der Waals surface area contributed by atoms with Crippen molar-refractivity contribution in [2.45, 2.75) is 46.2 Å². The van der Waals surface area contributed by atoms with Crippen molar-refractivity contribution in [3.63, 3.8) is 0 Å². The Morgan fingerprint density at radius 1 is 0.791 bits per heavy atom. The average molecular weight is 605 g/mol. The van der Waals surface area contributed by atoms with Crippen LogP contribution in [0.4, 0.5) is 0 Å². The Bertz CT molecular complexity index is 1090. The quantitative estimate of drug-likeness (QED) is 0.151. The second-order valence-corrected chi connectivity index (χ2v) is 10.5. The molecule has 0 aliphatic rings. The summed E-state index contributed by atoms with van der Waals surface area (Å²) in [5, 5.41) is 27.6. The second kappa shape index (κ2) is 20.8. The van der Waals surface area contributed by atoms with E-state index in [9.17, 15) is 19.8 Å². The van der Waals surface area contributed by atoms with E-state index in [0.29, 0.717) is 70.8 Å². The minimum Gasteiger partial charge on any atom is -0.477 e. The van der Waals surface area contributed by atoms with Crippen molar-refractivity contribution in [3.8, 4) is 0 Å². The van der Waals surface area contributed by atoms with Crippen LogP contribution in [0.2, 0.25) is 0 Å². The van der Waals surface area contributed by atoms with Gasteiger partial charge >= 0.3 is 11.9 Å². The molecule has 0 aliphatic heterocycles. The fourth-order valence-corrected chi connectivity index (χ4v) is 4.54. The molecular formula is C31H48N4O8. The summed E-state index contributed by atoms with van der Waals surface area (Å²) in [6, 6.07) is 10.1. The molecule has 12 heteroatoms. The van der Waals surface area contributed by atoms with Crippen LogP contribution in [0.5, 0.6) is 0 Å². The maximum Gasteiger partial charge on any atom is 0.354 e. The topological polar surface area (TPSA) is 155 Å². The summed E-state index contributed by atoms with van der Waals surface area (Å²) < 4.78 is 17.1. The molecule has 0 amide bonds. The van der Waals surface area contributed by atoms with Gasteiger partial charge in [0.15, 0.2) is 0 Å². The molecular weight excluding hydrogens is 556 g/mol. The van der Waals surface area contributed by atoms with E-state index in [2.05, 4.69) is 40.5 Å². The Balaban J connectivity index is 1.80. The van der Waals surface area contributed by atoms with E-state index in [0.717, 1.165) is 25.1 Å². The van der Waals surface area contributed by atoms with Crippen molar-refractivity contribution in [1.82, 2.24) is 19.8 Å². The number of aromatic carboxylic acids is 2. The smallest absolute Gasteiger partial charge is 0.354 e. The van der Waals surface area contributed by atoms with Crippen LogP contribution in [-0.4, -0.2) is 119 Å². The number of pyridine rings is 2. The maximum atomic E-state index is 11.5. The maximum absolute atomic E-state index is 11.5. The molecule has 43 heavy (non-hydrogen) atoms. The van der Waals surface area contributed by atoms with Gasteiger partial charge in [0.1, 0.15) is 11.4 Å². The van der Waals surface area contributed by atoms with Crippen LogP contribution in [0, 0.1) is 5.92 Å². The lowest BCUT2D eigenvalue weighted by atomic mass is 9.99. The molecule has 0 radical (unpaired) electrons. The first-order valence-electron chi connectivity index (χ1n) is 14.9. The van der Waals surface area contributed by atoms with E-state index in [4.69, 9.17) is 19.3 Å². The highest BCUT2D eigenvalue weighted by atomic mass is 16.5. The molecule has 2 aromatic heterocycles. The molecule has 0 saturated carbocycles. The molecule has 3 N–H and O–H groups in total. The summed E-state index contributed by atoms with van der Waals surface area (Å²) in [6.07, 6.45) is 1.88. The lowest BCUT2D eigenvalue weighted by Crippen LogP contribution is -2.33. The summed E-state index contributed by atoms with van der Waals surface area (Å²) in [5.41, 5.74) is 1.46. The van der Waals surface area contributed by atoms with Gasteiger partial charge in [0.25, 0.3) is 0 Å². The number of nitrogens with zero attached hydrogens (tertiary/aromatic N) is 4. The molecule has 240 valence electrons. The van der Waals surface area contributed by atoms with Crippen molar-refractivity contribution in [2.75, 3.05) is 72.4 Å². The molecule has 2 rings (SSSR count). The highest BCUT2D eigenvalue weighted by molar-refractivity contribution is 5.85. The fourth-order valence-electron chi connectivity index (χ4n) is 4.54. The average Bonchev–Trinajstić information content (AvgIpc) is 2.99. The predicted molar refractivity (Wildman–Crippen MR) is 161 cm³/mol. The van der Waals surface area contributed by atoms with E-state index >= 15 is 0 Å². The SMILES string of the molecule is CCN(CCOCCOCCN(CCOCCO)Cc1cccc(C(=O)O)n1)C(CCC(C)C)c1cccc(C(=O)O)n1. The third-order valence-electron chi connectivity index (χ3n) is 6.84. The predicted octanol–water partition coefficient (Wildman–Crippen LogP) is 3.22. The molecule has 12 nitrogen and oxygen atoms in total. The molecule has 0 fully saturated rings. The molecule has 0 aromatic carbocycles. The zero-order valence-electron chi connectivity index (χ0n) is 25.7. The Morgan fingerprint density at radius 2 is 1.37 bits per heavy atom. The Labute approximate surface area is 254 Å². The lowest BCUT2D eigenvalue weighted by molar-refractivity contribution is 0.0209. The summed E-state index contributed by atoms with van der Waals surface area (Å²) in [7, 11) is 0. The zero-order chi connectivity index (χ0) is 31.5. The third kappa shape index (κ3) is 14.3. The van der Waals surface area contributed by atoms with Crippen molar-refractivity contribution in [2.24, 2.45) is 5.92 Å². The summed E-state index contributed by atoms with van der Waals surface area (Å²) in [5.74, 6) is -1.58. The Hall–Kier alpha value is -3.00. The normalized spacial score (nSPS) is 12.3. The van der Waals surface area contributed by atoms with E-state index < -0.39 is 11.9 Å². The van der Waals surface area contributed by atoms with E-state index in [1.54, 1.807) is 18.2 Å². The monoisotopic (exact) mass is 604 g/mol. The molecule has 1 unspecified atom stereocenters. The number of carboxylic acid groups (broad SMARTS) is 2. The third-order valence-corrected chi connectivity index (χ3v) is 6.84. The first-order valence-corrected chi connectivity index (χ1v) is 14.9. The van der Waals surface area contributed by atoms with Crippen molar-refractivity contribution < 1.29 is 39.1 Å². The van der Waals surface area contributed by atoms with E-state index in [1.165, 1.54) is 12.1 Å². The Morgan fingerprint density at radius 3 is 1.95 bits per heavy atom. The van der Waals surface area contributed by atoms with Gasteiger partial charge in [-0.15, -0.1) is 0 Å². The van der Waals surface area contributed by atoms with E-state index in [1.807, 2.05) is 6.07 Å². The largest absolute Gasteiger partial charge is 0.477 e. The lowest BCUT2D eigenvalue weighted by Gasteiger charge is -2.31. The number of carbonyl (C=O) groups is 2. The van der Waals surface area contributed by atoms with Gasteiger partial charge in [0.2, 0.25) is 0 Å². The first-order chi connectivity index (χ1) is 20.7. The summed E-state index contributed by atoms with van der Waals surface area (Å²) >= 11 is 0. The Kier molecular flexibility index (Phi) is 17.5. The van der Waals surface area contributed by atoms with Crippen LogP contribution in [-0.2, 0) is 20.8 Å². The molecule has 0 aliphatic carbocycles. The molecule has 0 saturated heterocycles. The van der Waals surface area contributed by atoms with Gasteiger partial charge in [-0.2, -0.15) is 0 Å². The van der Waals surface area contributed by atoms with Gasteiger partial charge in [-0.05, 0) is 49.6 Å². The van der Waals surface area contributed by atoms with Crippen LogP contribution < -0.4 is 0 Å². The van der Waals surface area contributed by atoms with Crippen LogP contribution in [0.15, 0.2) is 36.4 Å². The number of aliphatic hydroxyl groups is 1. The van der Waals surface area contributed by atoms with E-state index in [-0.39, 0.29) is 30.6 Å². The van der Waals surface area contributed by atoms with Crippen molar-refractivity contribution in [1.29, 1.82) is 0 Å². The van der Waals surface area contributed by atoms with Gasteiger partial charge in [-0.1, -0.05) is 32.9 Å². The number of hydrogen-bond donors (Lipinski definition) is 3. The minimum absolute atomic E-state index is 0.000281. The van der Waals surface area contributed by atoms with Gasteiger partial charge in [-0.25, -0.2) is 19.6 Å². The fraction of sp³-hybridized carbons (Fsp3) is 0.613.